The van der Waals surface area contributed by atoms with Crippen LogP contribution in [-0.2, 0) is 9.59 Å². The number of likely N-dealkylation sites (tertiary alicyclic amines) is 1. The molecule has 108 valence electrons. The molecule has 0 aliphatic carbocycles. The highest BCUT2D eigenvalue weighted by molar-refractivity contribution is 7.09. The van der Waals surface area contributed by atoms with Crippen molar-refractivity contribution < 1.29 is 14.7 Å². The molecule has 1 atom stereocenters. The van der Waals surface area contributed by atoms with Crippen LogP contribution in [0, 0.1) is 12.3 Å². The number of hydrogen-bond donors (Lipinski definition) is 1. The zero-order valence-corrected chi connectivity index (χ0v) is 12.4. The van der Waals surface area contributed by atoms with E-state index in [1.165, 1.54) is 17.4 Å². The molecular weight excluding hydrogens is 276 g/mol. The van der Waals surface area contributed by atoms with Gasteiger partial charge in [-0.1, -0.05) is 6.92 Å². The van der Waals surface area contributed by atoms with E-state index in [2.05, 4.69) is 4.98 Å². The smallest absolute Gasteiger partial charge is 0.311 e. The predicted octanol–water partition coefficient (Wildman–Crippen LogP) is 2.18. The van der Waals surface area contributed by atoms with Gasteiger partial charge in [0.05, 0.1) is 16.1 Å². The van der Waals surface area contributed by atoms with Crippen LogP contribution >= 0.6 is 11.3 Å². The van der Waals surface area contributed by atoms with E-state index in [1.54, 1.807) is 11.0 Å². The predicted molar refractivity (Wildman–Crippen MR) is 77.4 cm³/mol. The van der Waals surface area contributed by atoms with Gasteiger partial charge in [0.2, 0.25) is 5.91 Å². The third-order valence-electron chi connectivity index (χ3n) is 3.83. The number of aryl methyl sites for hydroxylation is 1. The third kappa shape index (κ3) is 2.90. The van der Waals surface area contributed by atoms with Crippen molar-refractivity contribution in [2.24, 2.45) is 5.41 Å². The Hall–Kier alpha value is -1.69. The molecular formula is C14H18N2O3S. The van der Waals surface area contributed by atoms with Crippen LogP contribution in [0.5, 0.6) is 0 Å². The second-order valence-electron chi connectivity index (χ2n) is 5.07. The van der Waals surface area contributed by atoms with Crippen LogP contribution in [0.1, 0.15) is 30.5 Å². The summed E-state index contributed by atoms with van der Waals surface area (Å²) in [7, 11) is 0. The molecule has 1 amide bonds. The minimum absolute atomic E-state index is 0.146. The maximum Gasteiger partial charge on any atom is 0.311 e. The van der Waals surface area contributed by atoms with E-state index in [4.69, 9.17) is 0 Å². The number of carbonyl (C=O) groups is 2. The van der Waals surface area contributed by atoms with E-state index in [1.807, 2.05) is 19.2 Å². The normalized spacial score (nSPS) is 22.6. The number of hydrogen-bond acceptors (Lipinski definition) is 4. The van der Waals surface area contributed by atoms with Crippen molar-refractivity contribution in [3.05, 3.63) is 22.2 Å². The Balaban J connectivity index is 2.01. The summed E-state index contributed by atoms with van der Waals surface area (Å²) in [5, 5.41) is 12.1. The topological polar surface area (TPSA) is 70.5 Å². The largest absolute Gasteiger partial charge is 0.481 e. The van der Waals surface area contributed by atoms with E-state index < -0.39 is 11.4 Å². The first kappa shape index (κ1) is 14.7. The summed E-state index contributed by atoms with van der Waals surface area (Å²) in [5.41, 5.74) is -0.0131. The lowest BCUT2D eigenvalue weighted by Gasteiger charge is -2.22. The van der Waals surface area contributed by atoms with Gasteiger partial charge in [-0.25, -0.2) is 4.98 Å². The molecule has 2 rings (SSSR count). The van der Waals surface area contributed by atoms with E-state index >= 15 is 0 Å². The summed E-state index contributed by atoms with van der Waals surface area (Å²) >= 11 is 1.53. The number of rotatable bonds is 4. The van der Waals surface area contributed by atoms with Crippen molar-refractivity contribution in [3.8, 4) is 0 Å². The molecule has 1 N–H and O–H groups in total. The summed E-state index contributed by atoms with van der Waals surface area (Å²) in [4.78, 5) is 29.3. The van der Waals surface area contributed by atoms with E-state index in [-0.39, 0.29) is 12.5 Å². The van der Waals surface area contributed by atoms with E-state index in [0.717, 1.165) is 10.7 Å². The molecule has 1 aliphatic heterocycles. The highest BCUT2D eigenvalue weighted by Gasteiger charge is 2.44. The van der Waals surface area contributed by atoms with Gasteiger partial charge in [-0.2, -0.15) is 0 Å². The number of aromatic nitrogens is 1. The Labute approximate surface area is 121 Å². The zero-order chi connectivity index (χ0) is 14.8. The van der Waals surface area contributed by atoms with Crippen LogP contribution in [0.3, 0.4) is 0 Å². The molecule has 6 heteroatoms. The lowest BCUT2D eigenvalue weighted by molar-refractivity contribution is -0.148. The highest BCUT2D eigenvalue weighted by Crippen LogP contribution is 2.34. The monoisotopic (exact) mass is 294 g/mol. The number of aliphatic carboxylic acids is 1. The van der Waals surface area contributed by atoms with Gasteiger partial charge in [-0.15, -0.1) is 11.3 Å². The van der Waals surface area contributed by atoms with Crippen molar-refractivity contribution in [1.29, 1.82) is 0 Å². The van der Waals surface area contributed by atoms with Crippen molar-refractivity contribution in [2.75, 3.05) is 13.1 Å². The number of carboxylic acids is 1. The lowest BCUT2D eigenvalue weighted by atomic mass is 9.84. The molecule has 1 aromatic rings. The van der Waals surface area contributed by atoms with Crippen LogP contribution in [0.15, 0.2) is 11.5 Å². The van der Waals surface area contributed by atoms with Crippen molar-refractivity contribution in [3.63, 3.8) is 0 Å². The molecule has 2 heterocycles. The molecule has 1 aliphatic rings. The number of carboxylic acid groups (broad SMARTS) is 1. The molecule has 20 heavy (non-hydrogen) atoms. The van der Waals surface area contributed by atoms with E-state index in [0.29, 0.717) is 19.4 Å². The van der Waals surface area contributed by atoms with Crippen molar-refractivity contribution >= 4 is 29.3 Å². The number of carbonyl (C=O) groups excluding carboxylic acids is 1. The molecule has 5 nitrogen and oxygen atoms in total. The number of thiazole rings is 1. The van der Waals surface area contributed by atoms with Gasteiger partial charge in [0.1, 0.15) is 0 Å². The molecule has 0 saturated carbocycles. The van der Waals surface area contributed by atoms with Crippen molar-refractivity contribution in [1.82, 2.24) is 9.88 Å². The fourth-order valence-corrected chi connectivity index (χ4v) is 2.97. The highest BCUT2D eigenvalue weighted by atomic mass is 32.1. The van der Waals surface area contributed by atoms with Gasteiger partial charge in [-0.3, -0.25) is 9.59 Å². The summed E-state index contributed by atoms with van der Waals surface area (Å²) in [6.07, 6.45) is 4.22. The second-order valence-corrected chi connectivity index (χ2v) is 6.14. The Bertz CT molecular complexity index is 552. The molecule has 0 radical (unpaired) electrons. The molecule has 0 spiro atoms. The van der Waals surface area contributed by atoms with Gasteiger partial charge < -0.3 is 10.0 Å². The minimum Gasteiger partial charge on any atom is -0.481 e. The first-order valence-corrected chi connectivity index (χ1v) is 7.47. The molecule has 1 unspecified atom stereocenters. The zero-order valence-electron chi connectivity index (χ0n) is 11.6. The molecule has 1 saturated heterocycles. The average Bonchev–Trinajstić information content (AvgIpc) is 3.03. The average molecular weight is 294 g/mol. The Kier molecular flexibility index (Phi) is 4.23. The summed E-state index contributed by atoms with van der Waals surface area (Å²) in [6.45, 7) is 4.56. The van der Waals surface area contributed by atoms with Crippen molar-refractivity contribution in [2.45, 2.75) is 26.7 Å². The fraction of sp³-hybridized carbons (Fsp3) is 0.500. The number of amides is 1. The Morgan fingerprint density at radius 1 is 1.60 bits per heavy atom. The van der Waals surface area contributed by atoms with Crippen LogP contribution in [0.2, 0.25) is 0 Å². The van der Waals surface area contributed by atoms with Crippen LogP contribution in [0.25, 0.3) is 6.08 Å². The SMILES string of the molecule is CCC1(C(=O)O)CCN(C(=O)C=Cc2csc(C)n2)C1. The quantitative estimate of drug-likeness (QED) is 0.864. The minimum atomic E-state index is -0.811. The van der Waals surface area contributed by atoms with Crippen LogP contribution in [0.4, 0.5) is 0 Å². The first-order chi connectivity index (χ1) is 9.47. The second kappa shape index (κ2) is 5.75. The van der Waals surface area contributed by atoms with Gasteiger partial charge in [-0.05, 0) is 25.8 Å². The molecule has 1 aromatic heterocycles. The lowest BCUT2D eigenvalue weighted by Crippen LogP contribution is -2.35. The number of nitrogens with zero attached hydrogens (tertiary/aromatic N) is 2. The Morgan fingerprint density at radius 3 is 2.85 bits per heavy atom. The van der Waals surface area contributed by atoms with Crippen LogP contribution < -0.4 is 0 Å². The molecule has 1 fully saturated rings. The van der Waals surface area contributed by atoms with E-state index in [9.17, 15) is 14.7 Å². The third-order valence-corrected chi connectivity index (χ3v) is 4.62. The molecule has 0 aromatic carbocycles. The Morgan fingerprint density at radius 2 is 2.35 bits per heavy atom. The summed E-state index contributed by atoms with van der Waals surface area (Å²) in [6, 6.07) is 0. The fourth-order valence-electron chi connectivity index (χ4n) is 2.39. The van der Waals surface area contributed by atoms with Gasteiger partial charge in [0, 0.05) is 24.5 Å². The maximum absolute atomic E-state index is 12.1. The summed E-state index contributed by atoms with van der Waals surface area (Å²) < 4.78 is 0. The van der Waals surface area contributed by atoms with Gasteiger partial charge in [0.25, 0.3) is 0 Å². The maximum atomic E-state index is 12.1. The molecule has 0 bridgehead atoms. The summed E-state index contributed by atoms with van der Waals surface area (Å²) in [5.74, 6) is -0.957. The van der Waals surface area contributed by atoms with Gasteiger partial charge >= 0.3 is 5.97 Å². The van der Waals surface area contributed by atoms with Crippen LogP contribution in [-0.4, -0.2) is 40.0 Å². The standard InChI is InChI=1S/C14H18N2O3S/c1-3-14(13(18)19)6-7-16(9-14)12(17)5-4-11-8-20-10(2)15-11/h4-5,8H,3,6-7,9H2,1-2H3,(H,18,19). The van der Waals surface area contributed by atoms with Gasteiger partial charge in [0.15, 0.2) is 0 Å². The first-order valence-electron chi connectivity index (χ1n) is 6.59.